The van der Waals surface area contributed by atoms with Crippen LogP contribution in [0.15, 0.2) is 60.7 Å². The average Bonchev–Trinajstić information content (AvgIpc) is 3.01. The predicted octanol–water partition coefficient (Wildman–Crippen LogP) is 3.66. The van der Waals surface area contributed by atoms with E-state index in [4.69, 9.17) is 9.47 Å². The molecule has 2 aromatic carbocycles. The number of amides is 1. The van der Waals surface area contributed by atoms with Gasteiger partial charge in [0.1, 0.15) is 12.7 Å². The van der Waals surface area contributed by atoms with Crippen LogP contribution < -0.4 is 14.8 Å². The summed E-state index contributed by atoms with van der Waals surface area (Å²) < 4.78 is 13.7. The summed E-state index contributed by atoms with van der Waals surface area (Å²) in [6, 6.07) is 19.5. The van der Waals surface area contributed by atoms with E-state index >= 15 is 0 Å². The lowest BCUT2D eigenvalue weighted by molar-refractivity contribution is 0.0789. The molecule has 138 valence electrons. The second kappa shape index (κ2) is 7.19. The number of nitrogens with one attached hydrogen (secondary N) is 1. The van der Waals surface area contributed by atoms with Crippen molar-refractivity contribution < 1.29 is 14.3 Å². The summed E-state index contributed by atoms with van der Waals surface area (Å²) in [5.74, 6) is 1.35. The predicted molar refractivity (Wildman–Crippen MR) is 104 cm³/mol. The maximum Gasteiger partial charge on any atom is 0.253 e. The molecule has 5 heteroatoms. The molecule has 0 fully saturated rings. The number of carbonyl (C=O) groups excluding carboxylic acids is 1. The van der Waals surface area contributed by atoms with Crippen molar-refractivity contribution in [3.8, 4) is 17.2 Å². The van der Waals surface area contributed by atoms with E-state index in [2.05, 4.69) is 9.88 Å². The van der Waals surface area contributed by atoms with Crippen LogP contribution >= 0.6 is 0 Å². The highest BCUT2D eigenvalue weighted by Gasteiger charge is 2.22. The van der Waals surface area contributed by atoms with Crippen LogP contribution in [0, 0.1) is 13.8 Å². The van der Waals surface area contributed by atoms with Gasteiger partial charge in [0.25, 0.3) is 5.91 Å². The van der Waals surface area contributed by atoms with Gasteiger partial charge in [-0.1, -0.05) is 30.3 Å². The number of rotatable bonds is 4. The molecule has 0 saturated heterocycles. The van der Waals surface area contributed by atoms with E-state index in [0.29, 0.717) is 24.5 Å². The molecule has 1 N–H and O–H groups in total. The first kappa shape index (κ1) is 17.2. The zero-order chi connectivity index (χ0) is 18.8. The van der Waals surface area contributed by atoms with Gasteiger partial charge in [0.2, 0.25) is 0 Å². The number of aryl methyl sites for hydroxylation is 1. The Hall–Kier alpha value is -3.21. The quantitative estimate of drug-likeness (QED) is 0.771. The molecule has 1 aliphatic rings. The monoisotopic (exact) mass is 362 g/mol. The Morgan fingerprint density at radius 1 is 1.07 bits per heavy atom. The van der Waals surface area contributed by atoms with Crippen molar-refractivity contribution in [3.05, 3.63) is 77.6 Å². The number of aromatic nitrogens is 1. The van der Waals surface area contributed by atoms with Crippen molar-refractivity contribution >= 4 is 5.91 Å². The highest BCUT2D eigenvalue weighted by atomic mass is 16.6. The molecule has 0 spiro atoms. The summed E-state index contributed by atoms with van der Waals surface area (Å²) in [6.45, 7) is 4.78. The molecule has 2 heterocycles. The molecular formula is C22H22N2O3. The van der Waals surface area contributed by atoms with Gasteiger partial charge < -0.3 is 19.4 Å². The first-order valence-electron chi connectivity index (χ1n) is 9.04. The van der Waals surface area contributed by atoms with E-state index < -0.39 is 0 Å². The molecule has 1 aromatic heterocycles. The summed E-state index contributed by atoms with van der Waals surface area (Å²) >= 11 is 0. The molecule has 1 unspecified atom stereocenters. The molecule has 1 amide bonds. The third kappa shape index (κ3) is 3.40. The molecule has 3 aromatic rings. The second-order valence-electron chi connectivity index (χ2n) is 6.66. The lowest BCUT2D eigenvalue weighted by atomic mass is 10.2. The summed E-state index contributed by atoms with van der Waals surface area (Å²) in [4.78, 5) is 12.7. The Bertz CT molecular complexity index is 963. The van der Waals surface area contributed by atoms with E-state index in [1.165, 1.54) is 0 Å². The van der Waals surface area contributed by atoms with E-state index in [-0.39, 0.29) is 12.0 Å². The van der Waals surface area contributed by atoms with Gasteiger partial charge in [0.15, 0.2) is 11.5 Å². The average molecular weight is 362 g/mol. The van der Waals surface area contributed by atoms with Crippen molar-refractivity contribution in [3.63, 3.8) is 0 Å². The van der Waals surface area contributed by atoms with Crippen molar-refractivity contribution in [2.45, 2.75) is 20.0 Å². The molecule has 5 nitrogen and oxygen atoms in total. The Morgan fingerprint density at radius 2 is 1.78 bits per heavy atom. The molecule has 1 aliphatic heterocycles. The molecule has 0 radical (unpaired) electrons. The molecule has 1 atom stereocenters. The number of fused-ring (bicyclic) bond motifs is 1. The van der Waals surface area contributed by atoms with Gasteiger partial charge in [-0.25, -0.2) is 0 Å². The fourth-order valence-corrected chi connectivity index (χ4v) is 3.43. The van der Waals surface area contributed by atoms with Crippen LogP contribution in [0.25, 0.3) is 5.69 Å². The van der Waals surface area contributed by atoms with Crippen LogP contribution in [-0.2, 0) is 0 Å². The smallest absolute Gasteiger partial charge is 0.253 e. The largest absolute Gasteiger partial charge is 0.486 e. The number of ether oxygens (including phenoxy) is 2. The minimum atomic E-state index is -0.207. The minimum Gasteiger partial charge on any atom is -0.486 e. The molecule has 0 bridgehead atoms. The van der Waals surface area contributed by atoms with Gasteiger partial charge in [-0.3, -0.25) is 4.79 Å². The Labute approximate surface area is 158 Å². The SMILES string of the molecule is Cc1cc(C(=O)NCC2COc3ccccc3O2)c(C)n1-c1ccccc1. The van der Waals surface area contributed by atoms with Crippen molar-refractivity contribution in [2.75, 3.05) is 13.2 Å². The third-order valence-corrected chi connectivity index (χ3v) is 4.75. The summed E-state index contributed by atoms with van der Waals surface area (Å²) in [6.07, 6.45) is -0.207. The Morgan fingerprint density at radius 3 is 2.56 bits per heavy atom. The zero-order valence-electron chi connectivity index (χ0n) is 15.4. The first-order valence-corrected chi connectivity index (χ1v) is 9.04. The lowest BCUT2D eigenvalue weighted by Gasteiger charge is -2.26. The van der Waals surface area contributed by atoms with Crippen LogP contribution in [0.1, 0.15) is 21.7 Å². The van der Waals surface area contributed by atoms with Crippen LogP contribution in [0.4, 0.5) is 0 Å². The summed E-state index contributed by atoms with van der Waals surface area (Å²) in [7, 11) is 0. The number of para-hydroxylation sites is 3. The van der Waals surface area contributed by atoms with E-state index in [1.807, 2.05) is 74.5 Å². The molecule has 0 saturated carbocycles. The Balaban J connectivity index is 1.45. The molecule has 0 aliphatic carbocycles. The number of benzene rings is 2. The van der Waals surface area contributed by atoms with Gasteiger partial charge in [0.05, 0.1) is 12.1 Å². The number of hydrogen-bond donors (Lipinski definition) is 1. The zero-order valence-corrected chi connectivity index (χ0v) is 15.4. The van der Waals surface area contributed by atoms with E-state index in [9.17, 15) is 4.79 Å². The summed E-state index contributed by atoms with van der Waals surface area (Å²) in [5.41, 5.74) is 3.66. The first-order chi connectivity index (χ1) is 13.1. The Kier molecular flexibility index (Phi) is 4.59. The minimum absolute atomic E-state index is 0.104. The maximum atomic E-state index is 12.7. The van der Waals surface area contributed by atoms with Crippen LogP contribution in [-0.4, -0.2) is 29.7 Å². The highest BCUT2D eigenvalue weighted by Crippen LogP contribution is 2.30. The van der Waals surface area contributed by atoms with Crippen LogP contribution in [0.5, 0.6) is 11.5 Å². The molecular weight excluding hydrogens is 340 g/mol. The lowest BCUT2D eigenvalue weighted by Crippen LogP contribution is -2.40. The standard InChI is InChI=1S/C22H22N2O3/c1-15-12-19(16(2)24(15)17-8-4-3-5-9-17)22(25)23-13-18-14-26-20-10-6-7-11-21(20)27-18/h3-12,18H,13-14H2,1-2H3,(H,23,25). The van der Waals surface area contributed by atoms with Gasteiger partial charge in [-0.2, -0.15) is 0 Å². The fraction of sp³-hybridized carbons (Fsp3) is 0.227. The van der Waals surface area contributed by atoms with Crippen LogP contribution in [0.2, 0.25) is 0 Å². The number of nitrogens with zero attached hydrogens (tertiary/aromatic N) is 1. The topological polar surface area (TPSA) is 52.5 Å². The van der Waals surface area contributed by atoms with Crippen LogP contribution in [0.3, 0.4) is 0 Å². The fourth-order valence-electron chi connectivity index (χ4n) is 3.43. The van der Waals surface area contributed by atoms with Gasteiger partial charge in [-0.15, -0.1) is 0 Å². The summed E-state index contributed by atoms with van der Waals surface area (Å²) in [5, 5.41) is 2.98. The third-order valence-electron chi connectivity index (χ3n) is 4.75. The van der Waals surface area contributed by atoms with E-state index in [0.717, 1.165) is 22.8 Å². The van der Waals surface area contributed by atoms with Gasteiger partial charge >= 0.3 is 0 Å². The van der Waals surface area contributed by atoms with E-state index in [1.54, 1.807) is 0 Å². The normalized spacial score (nSPS) is 15.4. The number of hydrogen-bond acceptors (Lipinski definition) is 3. The number of carbonyl (C=O) groups is 1. The van der Waals surface area contributed by atoms with Gasteiger partial charge in [-0.05, 0) is 44.2 Å². The van der Waals surface area contributed by atoms with Crippen molar-refractivity contribution in [1.29, 1.82) is 0 Å². The highest BCUT2D eigenvalue weighted by molar-refractivity contribution is 5.96. The molecule has 4 rings (SSSR count). The van der Waals surface area contributed by atoms with Crippen molar-refractivity contribution in [1.82, 2.24) is 9.88 Å². The van der Waals surface area contributed by atoms with Gasteiger partial charge in [0, 0.05) is 17.1 Å². The van der Waals surface area contributed by atoms with Crippen molar-refractivity contribution in [2.24, 2.45) is 0 Å². The second-order valence-corrected chi connectivity index (χ2v) is 6.66. The molecule has 27 heavy (non-hydrogen) atoms. The maximum absolute atomic E-state index is 12.7.